The van der Waals surface area contributed by atoms with Gasteiger partial charge in [0.2, 0.25) is 5.82 Å². The zero-order valence-electron chi connectivity index (χ0n) is 9.47. The Labute approximate surface area is 92.8 Å². The van der Waals surface area contributed by atoms with Crippen LogP contribution >= 0.6 is 0 Å². The summed E-state index contributed by atoms with van der Waals surface area (Å²) >= 11 is 0. The third kappa shape index (κ3) is 2.61. The Morgan fingerprint density at radius 2 is 2.00 bits per heavy atom. The van der Waals surface area contributed by atoms with Crippen LogP contribution in [0.3, 0.4) is 0 Å². The molecule has 1 aromatic rings. The van der Waals surface area contributed by atoms with Crippen LogP contribution in [-0.4, -0.2) is 17.8 Å². The van der Waals surface area contributed by atoms with Crippen LogP contribution in [0.5, 0.6) is 11.5 Å². The Morgan fingerprint density at radius 1 is 1.44 bits per heavy atom. The fourth-order valence-corrected chi connectivity index (χ4v) is 1.45. The summed E-state index contributed by atoms with van der Waals surface area (Å²) < 4.78 is 31.3. The minimum absolute atomic E-state index is 0.128. The van der Waals surface area contributed by atoms with Gasteiger partial charge in [0.1, 0.15) is 0 Å². The first-order valence-electron chi connectivity index (χ1n) is 4.79. The van der Waals surface area contributed by atoms with Gasteiger partial charge in [-0.1, -0.05) is 0 Å². The van der Waals surface area contributed by atoms with E-state index in [0.717, 1.165) is 13.2 Å². The molecule has 0 bridgehead atoms. The number of rotatable bonds is 3. The van der Waals surface area contributed by atoms with Gasteiger partial charge in [0.25, 0.3) is 0 Å². The van der Waals surface area contributed by atoms with Crippen molar-refractivity contribution in [2.75, 3.05) is 7.11 Å². The van der Waals surface area contributed by atoms with Gasteiger partial charge >= 0.3 is 0 Å². The predicted octanol–water partition coefficient (Wildman–Crippen LogP) is 1.96. The highest BCUT2D eigenvalue weighted by Crippen LogP contribution is 2.33. The first kappa shape index (κ1) is 12.7. The number of benzene rings is 1. The molecule has 0 fully saturated rings. The molecule has 0 radical (unpaired) electrons. The standard InChI is InChI=1S/C11H15F2NO2/c1-11(2,14)5-6-4-7(12)10(16-3)8(13)9(6)15/h4,15H,5,14H2,1-3H3. The largest absolute Gasteiger partial charge is 0.505 e. The van der Waals surface area contributed by atoms with E-state index < -0.39 is 28.7 Å². The van der Waals surface area contributed by atoms with E-state index in [1.807, 2.05) is 0 Å². The zero-order chi connectivity index (χ0) is 12.5. The highest BCUT2D eigenvalue weighted by atomic mass is 19.1. The Kier molecular flexibility index (Phi) is 3.38. The number of methoxy groups -OCH3 is 1. The Bertz CT molecular complexity index is 400. The van der Waals surface area contributed by atoms with Gasteiger partial charge in [-0.25, -0.2) is 4.39 Å². The van der Waals surface area contributed by atoms with Crippen molar-refractivity contribution in [2.24, 2.45) is 5.73 Å². The monoisotopic (exact) mass is 231 g/mol. The molecule has 0 atom stereocenters. The van der Waals surface area contributed by atoms with E-state index in [-0.39, 0.29) is 12.0 Å². The molecule has 0 amide bonds. The van der Waals surface area contributed by atoms with E-state index in [4.69, 9.17) is 5.73 Å². The molecule has 0 unspecified atom stereocenters. The highest BCUT2D eigenvalue weighted by Gasteiger charge is 2.22. The fourth-order valence-electron chi connectivity index (χ4n) is 1.45. The quantitative estimate of drug-likeness (QED) is 0.836. The molecule has 1 rings (SSSR count). The molecule has 3 N–H and O–H groups in total. The van der Waals surface area contributed by atoms with E-state index >= 15 is 0 Å². The summed E-state index contributed by atoms with van der Waals surface area (Å²) in [7, 11) is 1.13. The maximum absolute atomic E-state index is 13.4. The first-order chi connectivity index (χ1) is 7.26. The fraction of sp³-hybridized carbons (Fsp3) is 0.455. The molecule has 5 heteroatoms. The molecule has 3 nitrogen and oxygen atoms in total. The highest BCUT2D eigenvalue weighted by molar-refractivity contribution is 5.43. The van der Waals surface area contributed by atoms with Gasteiger partial charge in [-0.05, 0) is 26.3 Å². The molecule has 0 aliphatic heterocycles. The van der Waals surface area contributed by atoms with Crippen molar-refractivity contribution in [3.63, 3.8) is 0 Å². The van der Waals surface area contributed by atoms with E-state index in [2.05, 4.69) is 4.74 Å². The van der Waals surface area contributed by atoms with Gasteiger partial charge in [-0.2, -0.15) is 4.39 Å². The molecule has 0 spiro atoms. The summed E-state index contributed by atoms with van der Waals surface area (Å²) in [5, 5.41) is 9.52. The summed E-state index contributed by atoms with van der Waals surface area (Å²) in [4.78, 5) is 0. The van der Waals surface area contributed by atoms with Crippen molar-refractivity contribution < 1.29 is 18.6 Å². The van der Waals surface area contributed by atoms with Gasteiger partial charge < -0.3 is 15.6 Å². The van der Waals surface area contributed by atoms with Crippen LogP contribution in [0.1, 0.15) is 19.4 Å². The number of nitrogens with two attached hydrogens (primary N) is 1. The van der Waals surface area contributed by atoms with Crippen molar-refractivity contribution in [1.29, 1.82) is 0 Å². The van der Waals surface area contributed by atoms with Crippen LogP contribution in [0, 0.1) is 11.6 Å². The van der Waals surface area contributed by atoms with Crippen molar-refractivity contribution in [3.8, 4) is 11.5 Å². The van der Waals surface area contributed by atoms with Crippen molar-refractivity contribution in [1.82, 2.24) is 0 Å². The molecule has 90 valence electrons. The number of aromatic hydroxyl groups is 1. The van der Waals surface area contributed by atoms with E-state index in [1.165, 1.54) is 0 Å². The van der Waals surface area contributed by atoms with Gasteiger partial charge in [-0.3, -0.25) is 0 Å². The van der Waals surface area contributed by atoms with Crippen LogP contribution in [0.25, 0.3) is 0 Å². The predicted molar refractivity (Wildman–Crippen MR) is 56.5 cm³/mol. The zero-order valence-corrected chi connectivity index (χ0v) is 9.47. The molecule has 16 heavy (non-hydrogen) atoms. The van der Waals surface area contributed by atoms with Crippen LogP contribution in [-0.2, 0) is 6.42 Å². The molecular weight excluding hydrogens is 216 g/mol. The number of phenols is 1. The first-order valence-corrected chi connectivity index (χ1v) is 4.79. The second-order valence-electron chi connectivity index (χ2n) is 4.38. The lowest BCUT2D eigenvalue weighted by Crippen LogP contribution is -2.34. The number of phenolic OH excluding ortho intramolecular Hbond substituents is 1. The second kappa shape index (κ2) is 4.25. The van der Waals surface area contributed by atoms with Gasteiger partial charge in [0, 0.05) is 11.1 Å². The van der Waals surface area contributed by atoms with Gasteiger partial charge in [0.05, 0.1) is 7.11 Å². The Hall–Kier alpha value is -1.36. The van der Waals surface area contributed by atoms with Crippen molar-refractivity contribution >= 4 is 0 Å². The van der Waals surface area contributed by atoms with Crippen molar-refractivity contribution in [2.45, 2.75) is 25.8 Å². The number of ether oxygens (including phenoxy) is 1. The van der Waals surface area contributed by atoms with Crippen LogP contribution < -0.4 is 10.5 Å². The lowest BCUT2D eigenvalue weighted by Gasteiger charge is -2.19. The van der Waals surface area contributed by atoms with E-state index in [1.54, 1.807) is 13.8 Å². The molecule has 0 aliphatic rings. The molecule has 0 saturated carbocycles. The summed E-state index contributed by atoms with van der Waals surface area (Å²) in [6.45, 7) is 3.40. The lowest BCUT2D eigenvalue weighted by atomic mass is 9.95. The lowest BCUT2D eigenvalue weighted by molar-refractivity contribution is 0.338. The molecule has 0 heterocycles. The number of hydrogen-bond acceptors (Lipinski definition) is 3. The van der Waals surface area contributed by atoms with Crippen LogP contribution in [0.4, 0.5) is 8.78 Å². The average Bonchev–Trinajstić information content (AvgIpc) is 2.12. The normalized spacial score (nSPS) is 11.6. The topological polar surface area (TPSA) is 55.5 Å². The summed E-state index contributed by atoms with van der Waals surface area (Å²) in [5.41, 5.74) is 5.19. The molecule has 1 aromatic carbocycles. The summed E-state index contributed by atoms with van der Waals surface area (Å²) in [6.07, 6.45) is 0.163. The maximum Gasteiger partial charge on any atom is 0.209 e. The van der Waals surface area contributed by atoms with E-state index in [9.17, 15) is 13.9 Å². The molecular formula is C11H15F2NO2. The van der Waals surface area contributed by atoms with Gasteiger partial charge in [-0.15, -0.1) is 0 Å². The van der Waals surface area contributed by atoms with E-state index in [0.29, 0.717) is 0 Å². The van der Waals surface area contributed by atoms with Crippen LogP contribution in [0.2, 0.25) is 0 Å². The summed E-state index contributed by atoms with van der Waals surface area (Å²) in [6, 6.07) is 1.03. The van der Waals surface area contributed by atoms with Crippen molar-refractivity contribution in [3.05, 3.63) is 23.3 Å². The SMILES string of the molecule is COc1c(F)cc(CC(C)(C)N)c(O)c1F. The minimum atomic E-state index is -1.10. The third-order valence-corrected chi connectivity index (χ3v) is 2.08. The Balaban J connectivity index is 3.23. The number of hydrogen-bond donors (Lipinski definition) is 2. The molecule has 0 aliphatic carbocycles. The van der Waals surface area contributed by atoms with Gasteiger partial charge in [0.15, 0.2) is 17.3 Å². The smallest absolute Gasteiger partial charge is 0.209 e. The number of halogens is 2. The summed E-state index contributed by atoms with van der Waals surface area (Å²) in [5.74, 6) is -3.15. The molecule has 0 aromatic heterocycles. The Morgan fingerprint density at radius 3 is 2.44 bits per heavy atom. The average molecular weight is 231 g/mol. The maximum atomic E-state index is 13.4. The molecule has 0 saturated heterocycles. The minimum Gasteiger partial charge on any atom is -0.505 e. The second-order valence-corrected chi connectivity index (χ2v) is 4.38. The third-order valence-electron chi connectivity index (χ3n) is 2.08. The van der Waals surface area contributed by atoms with Crippen LogP contribution in [0.15, 0.2) is 6.07 Å².